The first-order valence-electron chi connectivity index (χ1n) is 8.76. The van der Waals surface area contributed by atoms with Crippen LogP contribution >= 0.6 is 0 Å². The summed E-state index contributed by atoms with van der Waals surface area (Å²) in [5.74, 6) is 0.586. The molecule has 0 aliphatic rings. The molecule has 0 saturated heterocycles. The number of carbonyl (C=O) groups is 1. The summed E-state index contributed by atoms with van der Waals surface area (Å²) in [6, 6.07) is 17.4. The number of anilines is 2. The Kier molecular flexibility index (Phi) is 5.71. The van der Waals surface area contributed by atoms with Gasteiger partial charge in [0.1, 0.15) is 11.4 Å². The number of hydrogen-bond donors (Lipinski definition) is 2. The third-order valence-electron chi connectivity index (χ3n) is 4.27. The predicted octanol–water partition coefficient (Wildman–Crippen LogP) is 4.38. The Bertz CT molecular complexity index is 919. The Morgan fingerprint density at radius 1 is 1.04 bits per heavy atom. The van der Waals surface area contributed by atoms with Gasteiger partial charge in [0.2, 0.25) is 0 Å². The smallest absolute Gasteiger partial charge is 0.270 e. The molecule has 5 nitrogen and oxygen atoms in total. The number of hydrogen-bond acceptors (Lipinski definition) is 4. The predicted molar refractivity (Wildman–Crippen MR) is 108 cm³/mol. The number of methoxy groups -OCH3 is 1. The second kappa shape index (κ2) is 8.36. The van der Waals surface area contributed by atoms with Crippen LogP contribution in [0, 0.1) is 13.8 Å². The lowest BCUT2D eigenvalue weighted by Crippen LogP contribution is -2.23. The third-order valence-corrected chi connectivity index (χ3v) is 4.27. The molecule has 0 saturated carbocycles. The monoisotopic (exact) mass is 361 g/mol. The van der Waals surface area contributed by atoms with Crippen molar-refractivity contribution in [2.45, 2.75) is 20.4 Å². The number of amides is 1. The molecule has 1 amide bonds. The van der Waals surface area contributed by atoms with Crippen molar-refractivity contribution in [3.63, 3.8) is 0 Å². The molecule has 0 atom stereocenters. The van der Waals surface area contributed by atoms with Crippen molar-refractivity contribution in [3.05, 3.63) is 83.2 Å². The van der Waals surface area contributed by atoms with Crippen molar-refractivity contribution in [1.82, 2.24) is 10.3 Å². The van der Waals surface area contributed by atoms with Crippen molar-refractivity contribution in [1.29, 1.82) is 0 Å². The summed E-state index contributed by atoms with van der Waals surface area (Å²) in [5, 5.41) is 6.20. The van der Waals surface area contributed by atoms with Crippen LogP contribution in [0.1, 0.15) is 27.2 Å². The Labute approximate surface area is 159 Å². The maximum absolute atomic E-state index is 12.3. The summed E-state index contributed by atoms with van der Waals surface area (Å²) in [5.41, 5.74) is 5.64. The van der Waals surface area contributed by atoms with Crippen LogP contribution in [0.3, 0.4) is 0 Å². The molecule has 138 valence electrons. The van der Waals surface area contributed by atoms with Crippen molar-refractivity contribution in [2.75, 3.05) is 12.4 Å². The molecular weight excluding hydrogens is 338 g/mol. The lowest BCUT2D eigenvalue weighted by Gasteiger charge is -2.11. The molecule has 0 unspecified atom stereocenters. The normalized spacial score (nSPS) is 10.3. The van der Waals surface area contributed by atoms with E-state index in [9.17, 15) is 4.79 Å². The second-order valence-electron chi connectivity index (χ2n) is 6.41. The minimum atomic E-state index is -0.205. The highest BCUT2D eigenvalue weighted by Gasteiger charge is 2.07. The first-order valence-corrected chi connectivity index (χ1v) is 8.76. The van der Waals surface area contributed by atoms with Crippen molar-refractivity contribution >= 4 is 17.3 Å². The Morgan fingerprint density at radius 2 is 1.81 bits per heavy atom. The van der Waals surface area contributed by atoms with Gasteiger partial charge in [-0.1, -0.05) is 29.8 Å². The highest BCUT2D eigenvalue weighted by molar-refractivity contribution is 5.92. The quantitative estimate of drug-likeness (QED) is 0.684. The van der Waals surface area contributed by atoms with E-state index < -0.39 is 0 Å². The fourth-order valence-corrected chi connectivity index (χ4v) is 2.73. The molecule has 3 aromatic rings. The SMILES string of the molecule is COc1ccc(CNC(=O)c2ccc(Nc3ccc(C)cc3C)cn2)cc1. The first kappa shape index (κ1) is 18.5. The van der Waals surface area contributed by atoms with Crippen molar-refractivity contribution in [3.8, 4) is 5.75 Å². The third kappa shape index (κ3) is 4.85. The molecule has 0 fully saturated rings. The number of rotatable bonds is 6. The summed E-state index contributed by atoms with van der Waals surface area (Å²) >= 11 is 0. The summed E-state index contributed by atoms with van der Waals surface area (Å²) in [6.07, 6.45) is 1.67. The molecule has 2 aromatic carbocycles. The minimum absolute atomic E-state index is 0.205. The average molecular weight is 361 g/mol. The van der Waals surface area contributed by atoms with E-state index >= 15 is 0 Å². The molecule has 1 heterocycles. The number of pyridine rings is 1. The lowest BCUT2D eigenvalue weighted by atomic mass is 10.1. The first-order chi connectivity index (χ1) is 13.0. The van der Waals surface area contributed by atoms with Gasteiger partial charge in [-0.2, -0.15) is 0 Å². The molecule has 0 bridgehead atoms. The topological polar surface area (TPSA) is 63.2 Å². The number of nitrogens with one attached hydrogen (secondary N) is 2. The van der Waals surface area contributed by atoms with Crippen LogP contribution < -0.4 is 15.4 Å². The van der Waals surface area contributed by atoms with Gasteiger partial charge < -0.3 is 15.4 Å². The van der Waals surface area contributed by atoms with Crippen LogP contribution in [-0.2, 0) is 6.54 Å². The minimum Gasteiger partial charge on any atom is -0.497 e. The highest BCUT2D eigenvalue weighted by atomic mass is 16.5. The van der Waals surface area contributed by atoms with Gasteiger partial charge in [-0.15, -0.1) is 0 Å². The van der Waals surface area contributed by atoms with Gasteiger partial charge in [-0.3, -0.25) is 4.79 Å². The fourth-order valence-electron chi connectivity index (χ4n) is 2.73. The zero-order chi connectivity index (χ0) is 19.2. The molecule has 5 heteroatoms. The molecular formula is C22H23N3O2. The average Bonchev–Trinajstić information content (AvgIpc) is 2.69. The van der Waals surface area contributed by atoms with E-state index in [-0.39, 0.29) is 5.91 Å². The van der Waals surface area contributed by atoms with E-state index in [1.54, 1.807) is 19.4 Å². The summed E-state index contributed by atoms with van der Waals surface area (Å²) < 4.78 is 5.13. The van der Waals surface area contributed by atoms with Gasteiger partial charge in [0.25, 0.3) is 5.91 Å². The molecule has 0 radical (unpaired) electrons. The zero-order valence-electron chi connectivity index (χ0n) is 15.7. The lowest BCUT2D eigenvalue weighted by molar-refractivity contribution is 0.0946. The van der Waals surface area contributed by atoms with Gasteiger partial charge in [0.05, 0.1) is 19.0 Å². The van der Waals surface area contributed by atoms with Crippen LogP contribution in [0.15, 0.2) is 60.8 Å². The van der Waals surface area contributed by atoms with Gasteiger partial charge >= 0.3 is 0 Å². The largest absolute Gasteiger partial charge is 0.497 e. The molecule has 1 aromatic heterocycles. The number of aromatic nitrogens is 1. The van der Waals surface area contributed by atoms with E-state index in [0.717, 1.165) is 28.3 Å². The Hall–Kier alpha value is -3.34. The molecule has 0 aliphatic heterocycles. The number of carbonyl (C=O) groups excluding carboxylic acids is 1. The van der Waals surface area contributed by atoms with E-state index in [0.29, 0.717) is 12.2 Å². The number of nitrogens with zero attached hydrogens (tertiary/aromatic N) is 1. The standard InChI is InChI=1S/C22H23N3O2/c1-15-4-10-20(16(2)12-15)25-18-7-11-21(23-14-18)22(26)24-13-17-5-8-19(27-3)9-6-17/h4-12,14,25H,13H2,1-3H3,(H,24,26). The summed E-state index contributed by atoms with van der Waals surface area (Å²) in [7, 11) is 1.63. The highest BCUT2D eigenvalue weighted by Crippen LogP contribution is 2.21. The molecule has 0 spiro atoms. The van der Waals surface area contributed by atoms with Crippen LogP contribution in [0.5, 0.6) is 5.75 Å². The fraction of sp³-hybridized carbons (Fsp3) is 0.182. The number of aryl methyl sites for hydroxylation is 2. The van der Waals surface area contributed by atoms with Crippen molar-refractivity contribution in [2.24, 2.45) is 0 Å². The van der Waals surface area contributed by atoms with Gasteiger partial charge in [0, 0.05) is 12.2 Å². The second-order valence-corrected chi connectivity index (χ2v) is 6.41. The molecule has 3 rings (SSSR count). The van der Waals surface area contributed by atoms with Crippen LogP contribution in [-0.4, -0.2) is 18.0 Å². The van der Waals surface area contributed by atoms with E-state index in [1.165, 1.54) is 5.56 Å². The summed E-state index contributed by atoms with van der Waals surface area (Å²) in [4.78, 5) is 16.6. The summed E-state index contributed by atoms with van der Waals surface area (Å²) in [6.45, 7) is 4.56. The maximum Gasteiger partial charge on any atom is 0.270 e. The van der Waals surface area contributed by atoms with E-state index in [4.69, 9.17) is 4.74 Å². The molecule has 0 aliphatic carbocycles. The molecule has 27 heavy (non-hydrogen) atoms. The van der Waals surface area contributed by atoms with Crippen molar-refractivity contribution < 1.29 is 9.53 Å². The van der Waals surface area contributed by atoms with Crippen LogP contribution in [0.2, 0.25) is 0 Å². The number of ether oxygens (including phenoxy) is 1. The zero-order valence-corrected chi connectivity index (χ0v) is 15.7. The van der Waals surface area contributed by atoms with Crippen LogP contribution in [0.25, 0.3) is 0 Å². The van der Waals surface area contributed by atoms with Crippen LogP contribution in [0.4, 0.5) is 11.4 Å². The molecule has 2 N–H and O–H groups in total. The van der Waals surface area contributed by atoms with Gasteiger partial charge in [-0.05, 0) is 55.3 Å². The van der Waals surface area contributed by atoms with Gasteiger partial charge in [-0.25, -0.2) is 4.98 Å². The maximum atomic E-state index is 12.3. The number of benzene rings is 2. The van der Waals surface area contributed by atoms with Gasteiger partial charge in [0.15, 0.2) is 0 Å². The van der Waals surface area contributed by atoms with E-state index in [1.807, 2.05) is 36.4 Å². The Morgan fingerprint density at radius 3 is 2.44 bits per heavy atom. The Balaban J connectivity index is 1.59. The van der Waals surface area contributed by atoms with E-state index in [2.05, 4.69) is 41.6 Å².